The van der Waals surface area contributed by atoms with Crippen LogP contribution in [0.15, 0.2) is 54.6 Å². The van der Waals surface area contributed by atoms with Crippen LogP contribution < -0.4 is 21.5 Å². The number of anilines is 1. The molecule has 2 aromatic rings. The molecule has 0 aliphatic heterocycles. The molecule has 0 atom stereocenters. The molecule has 0 radical (unpaired) electrons. The third-order valence-corrected chi connectivity index (χ3v) is 5.67. The minimum Gasteiger partial charge on any atom is -0.326 e. The van der Waals surface area contributed by atoms with E-state index < -0.39 is 11.8 Å². The maximum atomic E-state index is 12.3. The predicted octanol–water partition coefficient (Wildman–Crippen LogP) is 4.21. The molecule has 1 aliphatic rings. The maximum Gasteiger partial charge on any atom is 0.269 e. The number of hydrazine groups is 1. The fourth-order valence-corrected chi connectivity index (χ4v) is 3.71. The van der Waals surface area contributed by atoms with Gasteiger partial charge in [-0.1, -0.05) is 43.0 Å². The molecule has 0 heterocycles. The van der Waals surface area contributed by atoms with Gasteiger partial charge in [0.1, 0.15) is 0 Å². The molecular formula is C24H25ClN4O3S. The zero-order valence-electron chi connectivity index (χ0n) is 17.9. The number of benzene rings is 2. The monoisotopic (exact) mass is 484 g/mol. The first-order chi connectivity index (χ1) is 15.9. The highest BCUT2D eigenvalue weighted by molar-refractivity contribution is 7.80. The fourth-order valence-electron chi connectivity index (χ4n) is 3.43. The average molecular weight is 485 g/mol. The molecule has 1 saturated carbocycles. The lowest BCUT2D eigenvalue weighted by Gasteiger charge is -2.20. The number of rotatable bonds is 5. The average Bonchev–Trinajstić information content (AvgIpc) is 2.83. The van der Waals surface area contributed by atoms with Gasteiger partial charge in [-0.15, -0.1) is 0 Å². The molecule has 33 heavy (non-hydrogen) atoms. The SMILES string of the molecule is O=C(/C=C/c1ccc(Cl)cc1)NC(=S)NNC(=O)c1ccc(NC(=O)C2CCCCC2)cc1. The van der Waals surface area contributed by atoms with Crippen LogP contribution in [0.1, 0.15) is 48.0 Å². The second-order valence-corrected chi connectivity index (χ2v) is 8.53. The topological polar surface area (TPSA) is 99.3 Å². The van der Waals surface area contributed by atoms with Crippen molar-refractivity contribution in [1.82, 2.24) is 16.2 Å². The highest BCUT2D eigenvalue weighted by Crippen LogP contribution is 2.25. The summed E-state index contributed by atoms with van der Waals surface area (Å²) in [7, 11) is 0. The Morgan fingerprint density at radius 1 is 0.909 bits per heavy atom. The molecule has 3 rings (SSSR count). The second kappa shape index (κ2) is 12.1. The van der Waals surface area contributed by atoms with Crippen LogP contribution in [0.4, 0.5) is 5.69 Å². The predicted molar refractivity (Wildman–Crippen MR) is 133 cm³/mol. The van der Waals surface area contributed by atoms with Crippen LogP contribution in [0.2, 0.25) is 5.02 Å². The molecule has 1 aliphatic carbocycles. The van der Waals surface area contributed by atoms with Gasteiger partial charge in [0.2, 0.25) is 11.8 Å². The van der Waals surface area contributed by atoms with Crippen LogP contribution >= 0.6 is 23.8 Å². The number of hydrogen-bond donors (Lipinski definition) is 4. The Bertz CT molecular complexity index is 1030. The molecule has 3 amide bonds. The lowest BCUT2D eigenvalue weighted by atomic mass is 9.88. The summed E-state index contributed by atoms with van der Waals surface area (Å²) >= 11 is 10.8. The van der Waals surface area contributed by atoms with E-state index in [9.17, 15) is 14.4 Å². The summed E-state index contributed by atoms with van der Waals surface area (Å²) in [6, 6.07) is 13.5. The van der Waals surface area contributed by atoms with Crippen molar-refractivity contribution in [2.75, 3.05) is 5.32 Å². The van der Waals surface area contributed by atoms with Crippen molar-refractivity contribution < 1.29 is 14.4 Å². The van der Waals surface area contributed by atoms with E-state index in [1.807, 2.05) is 0 Å². The van der Waals surface area contributed by atoms with Gasteiger partial charge in [0, 0.05) is 28.3 Å². The summed E-state index contributed by atoms with van der Waals surface area (Å²) in [5.41, 5.74) is 6.73. The van der Waals surface area contributed by atoms with Crippen molar-refractivity contribution in [1.29, 1.82) is 0 Å². The fraction of sp³-hybridized carbons (Fsp3) is 0.250. The molecule has 0 aromatic heterocycles. The van der Waals surface area contributed by atoms with Gasteiger partial charge in [-0.3, -0.25) is 30.6 Å². The minimum atomic E-state index is -0.449. The summed E-state index contributed by atoms with van der Waals surface area (Å²) in [6.07, 6.45) is 8.14. The van der Waals surface area contributed by atoms with Gasteiger partial charge in [-0.05, 0) is 73.1 Å². The van der Waals surface area contributed by atoms with Crippen LogP contribution in [0.3, 0.4) is 0 Å². The van der Waals surface area contributed by atoms with E-state index in [0.29, 0.717) is 16.3 Å². The summed E-state index contributed by atoms with van der Waals surface area (Å²) in [4.78, 5) is 36.6. The van der Waals surface area contributed by atoms with E-state index in [1.54, 1.807) is 54.6 Å². The molecule has 9 heteroatoms. The zero-order valence-corrected chi connectivity index (χ0v) is 19.5. The molecule has 0 bridgehead atoms. The van der Waals surface area contributed by atoms with Crippen molar-refractivity contribution in [3.8, 4) is 0 Å². The van der Waals surface area contributed by atoms with Crippen molar-refractivity contribution in [2.24, 2.45) is 5.92 Å². The van der Waals surface area contributed by atoms with E-state index in [1.165, 1.54) is 12.5 Å². The highest BCUT2D eigenvalue weighted by atomic mass is 35.5. The first-order valence-corrected chi connectivity index (χ1v) is 11.5. The molecule has 172 valence electrons. The third-order valence-electron chi connectivity index (χ3n) is 5.21. The minimum absolute atomic E-state index is 0.0276. The number of carbonyl (C=O) groups is 3. The molecule has 4 N–H and O–H groups in total. The Morgan fingerprint density at radius 3 is 2.24 bits per heavy atom. The third kappa shape index (κ3) is 8.00. The molecule has 2 aromatic carbocycles. The van der Waals surface area contributed by atoms with Crippen LogP contribution in [0, 0.1) is 5.92 Å². The number of nitrogens with one attached hydrogen (secondary N) is 4. The summed E-state index contributed by atoms with van der Waals surface area (Å²) in [5, 5.41) is 5.90. The first kappa shape index (κ1) is 24.4. The Kier molecular flexibility index (Phi) is 8.97. The molecule has 0 spiro atoms. The quantitative estimate of drug-likeness (QED) is 0.289. The standard InChI is InChI=1S/C24H25ClN4O3S/c25-19-11-6-16(7-12-19)8-15-21(30)27-24(33)29-28-23(32)18-9-13-20(14-10-18)26-22(31)17-4-2-1-3-5-17/h6-15,17H,1-5H2,(H,26,31)(H,28,32)(H2,27,29,30,33)/b15-8+. The van der Waals surface area contributed by atoms with Gasteiger partial charge >= 0.3 is 0 Å². The second-order valence-electron chi connectivity index (χ2n) is 7.68. The number of hydrogen-bond acceptors (Lipinski definition) is 4. The van der Waals surface area contributed by atoms with Crippen LogP contribution in [-0.4, -0.2) is 22.8 Å². The van der Waals surface area contributed by atoms with Crippen LogP contribution in [0.25, 0.3) is 6.08 Å². The maximum absolute atomic E-state index is 12.3. The highest BCUT2D eigenvalue weighted by Gasteiger charge is 2.21. The Labute approximate surface area is 202 Å². The van der Waals surface area contributed by atoms with E-state index >= 15 is 0 Å². The number of amides is 3. The van der Waals surface area contributed by atoms with E-state index in [2.05, 4.69) is 21.5 Å². The molecule has 0 saturated heterocycles. The lowest BCUT2D eigenvalue weighted by molar-refractivity contribution is -0.120. The van der Waals surface area contributed by atoms with E-state index in [-0.39, 0.29) is 16.9 Å². The van der Waals surface area contributed by atoms with Gasteiger partial charge in [0.05, 0.1) is 0 Å². The molecule has 7 nitrogen and oxygen atoms in total. The van der Waals surface area contributed by atoms with Crippen LogP contribution in [0.5, 0.6) is 0 Å². The largest absolute Gasteiger partial charge is 0.326 e. The van der Waals surface area contributed by atoms with E-state index in [4.69, 9.17) is 23.8 Å². The van der Waals surface area contributed by atoms with Crippen LogP contribution in [-0.2, 0) is 9.59 Å². The van der Waals surface area contributed by atoms with Crippen molar-refractivity contribution >= 4 is 58.4 Å². The van der Waals surface area contributed by atoms with Gasteiger partial charge in [0.15, 0.2) is 5.11 Å². The van der Waals surface area contributed by atoms with Crippen molar-refractivity contribution in [2.45, 2.75) is 32.1 Å². The number of thiocarbonyl (C=S) groups is 1. The Morgan fingerprint density at radius 2 is 1.58 bits per heavy atom. The molecular weight excluding hydrogens is 460 g/mol. The summed E-state index contributed by atoms with van der Waals surface area (Å²) in [5.74, 6) is -0.800. The van der Waals surface area contributed by atoms with E-state index in [0.717, 1.165) is 31.2 Å². The van der Waals surface area contributed by atoms with Gasteiger partial charge < -0.3 is 5.32 Å². The lowest BCUT2D eigenvalue weighted by Crippen LogP contribution is -2.48. The van der Waals surface area contributed by atoms with Gasteiger partial charge in [0.25, 0.3) is 5.91 Å². The van der Waals surface area contributed by atoms with Gasteiger partial charge in [-0.25, -0.2) is 0 Å². The number of carbonyl (C=O) groups excluding carboxylic acids is 3. The molecule has 0 unspecified atom stereocenters. The van der Waals surface area contributed by atoms with Crippen molar-refractivity contribution in [3.05, 3.63) is 70.8 Å². The summed E-state index contributed by atoms with van der Waals surface area (Å²) < 4.78 is 0. The normalized spacial score (nSPS) is 13.8. The van der Waals surface area contributed by atoms with Crippen molar-refractivity contribution in [3.63, 3.8) is 0 Å². The Balaban J connectivity index is 1.42. The molecule has 1 fully saturated rings. The smallest absolute Gasteiger partial charge is 0.269 e. The number of halogens is 1. The zero-order chi connectivity index (χ0) is 23.6. The Hall–Kier alpha value is -3.23. The van der Waals surface area contributed by atoms with Gasteiger partial charge in [-0.2, -0.15) is 0 Å². The summed E-state index contributed by atoms with van der Waals surface area (Å²) in [6.45, 7) is 0. The first-order valence-electron chi connectivity index (χ1n) is 10.7.